The summed E-state index contributed by atoms with van der Waals surface area (Å²) >= 11 is 0. The zero-order valence-corrected chi connectivity index (χ0v) is 10.4. The molecule has 0 saturated carbocycles. The lowest BCUT2D eigenvalue weighted by atomic mass is 10.2. The number of carbonyl (C=O) groups excluding carboxylic acids is 1. The van der Waals surface area contributed by atoms with E-state index in [9.17, 15) is 9.59 Å². The molecule has 0 radical (unpaired) electrons. The summed E-state index contributed by atoms with van der Waals surface area (Å²) in [4.78, 5) is 22.0. The first kappa shape index (κ1) is 6.22. The lowest BCUT2D eigenvalue weighted by Gasteiger charge is -1.99. The third-order valence-corrected chi connectivity index (χ3v) is 1.69. The normalized spacial score (nSPS) is 16.1. The number of carbonyl (C=O) groups is 2. The number of carboxylic acids is 1. The molecular weight excluding hydrogens is 256 g/mol. The molecule has 2 rings (SSSR count). The maximum absolute atomic E-state index is 11.4. The van der Waals surface area contributed by atoms with Crippen LogP contribution < -0.4 is 0 Å². The maximum Gasteiger partial charge on any atom is 0.338 e. The molecule has 0 bridgehead atoms. The van der Waals surface area contributed by atoms with E-state index in [2.05, 4.69) is 4.74 Å². The van der Waals surface area contributed by atoms with Gasteiger partial charge in [-0.3, -0.25) is 0 Å². The first-order chi connectivity index (χ1) is 13.8. The molecule has 4 nitrogen and oxygen atoms in total. The third-order valence-electron chi connectivity index (χ3n) is 1.69. The van der Waals surface area contributed by atoms with Gasteiger partial charge in [-0.25, -0.2) is 9.59 Å². The maximum atomic E-state index is 11.4. The SMILES string of the molecule is [2H]c1c([2H])c([2H])c(C(=O)O)c([2H])c1[2H].[2H]c1c([2H])c([2H])c(C(=O)OCC)c([2H])c1[2H]. The fourth-order valence-electron chi connectivity index (χ4n) is 0.912. The molecule has 104 valence electrons. The Hall–Kier alpha value is -2.62. The van der Waals surface area contributed by atoms with Gasteiger partial charge in [0.25, 0.3) is 0 Å². The van der Waals surface area contributed by atoms with Crippen molar-refractivity contribution in [3.8, 4) is 0 Å². The van der Waals surface area contributed by atoms with E-state index < -0.39 is 83.5 Å². The molecule has 0 aliphatic heterocycles. The van der Waals surface area contributed by atoms with Crippen LogP contribution in [-0.2, 0) is 4.74 Å². The summed E-state index contributed by atoms with van der Waals surface area (Å²) in [5, 5.41) is 8.62. The molecule has 0 aromatic heterocycles. The van der Waals surface area contributed by atoms with Crippen molar-refractivity contribution in [2.75, 3.05) is 6.61 Å². The third kappa shape index (κ3) is 5.35. The van der Waals surface area contributed by atoms with E-state index in [0.29, 0.717) is 0 Å². The number of hydrogen-bond acceptors (Lipinski definition) is 3. The molecule has 0 unspecified atom stereocenters. The molecule has 0 saturated heterocycles. The van der Waals surface area contributed by atoms with E-state index in [-0.39, 0.29) is 6.61 Å². The fraction of sp³-hybridized carbons (Fsp3) is 0.125. The van der Waals surface area contributed by atoms with Gasteiger partial charge in [-0.2, -0.15) is 0 Å². The van der Waals surface area contributed by atoms with E-state index in [1.165, 1.54) is 0 Å². The highest BCUT2D eigenvalue weighted by atomic mass is 16.5. The van der Waals surface area contributed by atoms with Gasteiger partial charge < -0.3 is 9.84 Å². The van der Waals surface area contributed by atoms with Crippen molar-refractivity contribution in [3.05, 3.63) is 71.6 Å². The highest BCUT2D eigenvalue weighted by Gasteiger charge is 2.02. The predicted octanol–water partition coefficient (Wildman–Crippen LogP) is 3.25. The highest BCUT2D eigenvalue weighted by molar-refractivity contribution is 5.89. The summed E-state index contributed by atoms with van der Waals surface area (Å²) in [7, 11) is 0. The van der Waals surface area contributed by atoms with Crippen molar-refractivity contribution in [3.63, 3.8) is 0 Å². The topological polar surface area (TPSA) is 63.6 Å². The van der Waals surface area contributed by atoms with Crippen LogP contribution in [-0.4, -0.2) is 23.7 Å². The van der Waals surface area contributed by atoms with E-state index >= 15 is 0 Å². The van der Waals surface area contributed by atoms with Gasteiger partial charge >= 0.3 is 11.9 Å². The summed E-state index contributed by atoms with van der Waals surface area (Å²) in [5.74, 6) is -2.43. The molecule has 0 spiro atoms. The van der Waals surface area contributed by atoms with Gasteiger partial charge in [-0.15, -0.1) is 0 Å². The largest absolute Gasteiger partial charge is 0.478 e. The summed E-state index contributed by atoms with van der Waals surface area (Å²) in [6.45, 7) is 1.66. The molecule has 0 aliphatic rings. The zero-order chi connectivity index (χ0) is 23.5. The monoisotopic (exact) mass is 282 g/mol. The van der Waals surface area contributed by atoms with Crippen LogP contribution in [0.1, 0.15) is 41.3 Å². The van der Waals surface area contributed by atoms with Gasteiger partial charge in [-0.1, -0.05) is 36.3 Å². The minimum Gasteiger partial charge on any atom is -0.478 e. The van der Waals surface area contributed by atoms with Crippen LogP contribution in [0.2, 0.25) is 0 Å². The standard InChI is InChI=1S/C9H10O2.C7H6O2/c1-2-11-9(10)8-6-4-3-5-7-8;8-7(9)6-4-2-1-3-5-6/h3-7H,2H2,1H3;1-5H,(H,8,9)/i3D,4D,5D,6D,7D;1D,2D,3D,4D,5D. The molecule has 2 aromatic carbocycles. The van der Waals surface area contributed by atoms with Crippen molar-refractivity contribution in [1.29, 1.82) is 0 Å². The van der Waals surface area contributed by atoms with Gasteiger partial charge in [-0.05, 0) is 31.1 Å². The van der Waals surface area contributed by atoms with Crippen LogP contribution >= 0.6 is 0 Å². The van der Waals surface area contributed by atoms with E-state index in [1.807, 2.05) is 0 Å². The van der Waals surface area contributed by atoms with Gasteiger partial charge in [0.1, 0.15) is 0 Å². The van der Waals surface area contributed by atoms with Crippen molar-refractivity contribution in [2.24, 2.45) is 0 Å². The molecule has 1 N–H and O–H groups in total. The minimum atomic E-state index is -1.53. The molecular formula is C16H16O4. The molecule has 0 heterocycles. The van der Waals surface area contributed by atoms with Gasteiger partial charge in [0.05, 0.1) is 31.4 Å². The molecule has 2 aromatic rings. The molecule has 0 aliphatic carbocycles. The summed E-state index contributed by atoms with van der Waals surface area (Å²) in [6, 6.07) is -5.92. The molecule has 4 heteroatoms. The molecule has 20 heavy (non-hydrogen) atoms. The van der Waals surface area contributed by atoms with E-state index in [4.69, 9.17) is 18.8 Å². The van der Waals surface area contributed by atoms with E-state index in [0.717, 1.165) is 0 Å². The van der Waals surface area contributed by atoms with Crippen LogP contribution in [0.4, 0.5) is 0 Å². The Bertz CT molecular complexity index is 964. The van der Waals surface area contributed by atoms with Crippen LogP contribution in [0.3, 0.4) is 0 Å². The number of benzene rings is 2. The predicted molar refractivity (Wildman–Crippen MR) is 75.8 cm³/mol. The van der Waals surface area contributed by atoms with Crippen LogP contribution in [0, 0.1) is 0 Å². The second kappa shape index (κ2) is 8.48. The number of carboxylic acid groups (broad SMARTS) is 1. The van der Waals surface area contributed by atoms with Crippen LogP contribution in [0.25, 0.3) is 0 Å². The second-order valence-electron chi connectivity index (χ2n) is 3.03. The number of rotatable bonds is 3. The van der Waals surface area contributed by atoms with Gasteiger partial charge in [0.15, 0.2) is 0 Å². The Balaban J connectivity index is 0.000000303. The Kier molecular flexibility index (Phi) is 2.64. The summed E-state index contributed by atoms with van der Waals surface area (Å²) in [5.41, 5.74) is -1.12. The second-order valence-corrected chi connectivity index (χ2v) is 3.03. The van der Waals surface area contributed by atoms with Gasteiger partial charge in [0, 0.05) is 0 Å². The van der Waals surface area contributed by atoms with Crippen molar-refractivity contribution in [1.82, 2.24) is 0 Å². The Morgan fingerprint density at radius 1 is 1.00 bits per heavy atom. The fourth-order valence-corrected chi connectivity index (χ4v) is 0.912. The Labute approximate surface area is 131 Å². The smallest absolute Gasteiger partial charge is 0.338 e. The first-order valence-corrected chi connectivity index (χ1v) is 5.33. The minimum absolute atomic E-state index is 0.0843. The number of hydrogen-bond donors (Lipinski definition) is 1. The zero-order valence-electron chi connectivity index (χ0n) is 20.4. The average Bonchev–Trinajstić information content (AvgIpc) is 2.68. The van der Waals surface area contributed by atoms with E-state index in [1.54, 1.807) is 6.92 Å². The molecule has 0 atom stereocenters. The Morgan fingerprint density at radius 3 is 1.85 bits per heavy atom. The lowest BCUT2D eigenvalue weighted by molar-refractivity contribution is 0.0526. The summed E-state index contributed by atoms with van der Waals surface area (Å²) in [6.07, 6.45) is 0. The number of aromatic carboxylic acids is 1. The number of ether oxygens (including phenoxy) is 1. The average molecular weight is 282 g/mol. The van der Waals surface area contributed by atoms with Crippen LogP contribution in [0.15, 0.2) is 60.4 Å². The lowest BCUT2D eigenvalue weighted by Crippen LogP contribution is -2.03. The number of esters is 1. The van der Waals surface area contributed by atoms with Crippen molar-refractivity contribution >= 4 is 11.9 Å². The molecule has 0 fully saturated rings. The van der Waals surface area contributed by atoms with Crippen LogP contribution in [0.5, 0.6) is 0 Å². The summed E-state index contributed by atoms with van der Waals surface area (Å²) < 4.78 is 77.5. The van der Waals surface area contributed by atoms with Crippen molar-refractivity contribution in [2.45, 2.75) is 6.92 Å². The first-order valence-electron chi connectivity index (χ1n) is 10.3. The van der Waals surface area contributed by atoms with Crippen molar-refractivity contribution < 1.29 is 33.1 Å². The highest BCUT2D eigenvalue weighted by Crippen LogP contribution is 2.00. The molecule has 0 amide bonds. The Morgan fingerprint density at radius 2 is 1.45 bits per heavy atom. The quantitative estimate of drug-likeness (QED) is 0.878. The van der Waals surface area contributed by atoms with Gasteiger partial charge in [0.2, 0.25) is 0 Å².